The predicted octanol–water partition coefficient (Wildman–Crippen LogP) is 3.23. The van der Waals surface area contributed by atoms with E-state index < -0.39 is 0 Å². The van der Waals surface area contributed by atoms with E-state index in [0.29, 0.717) is 12.5 Å². The molecule has 0 unspecified atom stereocenters. The molecule has 0 saturated carbocycles. The highest BCUT2D eigenvalue weighted by molar-refractivity contribution is 5.94. The molecule has 26 heavy (non-hydrogen) atoms. The molecule has 2 fully saturated rings. The van der Waals surface area contributed by atoms with Crippen LogP contribution in [0.25, 0.3) is 0 Å². The molecule has 1 N–H and O–H groups in total. The Morgan fingerprint density at radius 3 is 1.92 bits per heavy atom. The van der Waals surface area contributed by atoms with Crippen molar-refractivity contribution in [2.75, 3.05) is 38.0 Å². The Hall–Kier alpha value is -2.04. The number of amides is 2. The van der Waals surface area contributed by atoms with Crippen molar-refractivity contribution in [1.29, 1.82) is 0 Å². The summed E-state index contributed by atoms with van der Waals surface area (Å²) in [6, 6.07) is 7.50. The summed E-state index contributed by atoms with van der Waals surface area (Å²) < 4.78 is 0. The lowest BCUT2D eigenvalue weighted by molar-refractivity contribution is -0.130. The normalized spacial score (nSPS) is 19.5. The summed E-state index contributed by atoms with van der Waals surface area (Å²) in [5, 5.41) is 3.19. The molecule has 0 spiro atoms. The van der Waals surface area contributed by atoms with Crippen LogP contribution in [-0.4, -0.2) is 54.3 Å². The van der Waals surface area contributed by atoms with Gasteiger partial charge in [-0.15, -0.1) is 0 Å². The SMILES string of the molecule is CC1CCN(C(=O)CNc2ccc(C(=O)N3CCC(C)CC3)cc2)CC1. The summed E-state index contributed by atoms with van der Waals surface area (Å²) in [6.45, 7) is 8.23. The van der Waals surface area contributed by atoms with Gasteiger partial charge in [0.25, 0.3) is 5.91 Å². The van der Waals surface area contributed by atoms with E-state index in [-0.39, 0.29) is 11.8 Å². The Kier molecular flexibility index (Phi) is 6.17. The summed E-state index contributed by atoms with van der Waals surface area (Å²) in [6.07, 6.45) is 4.36. The van der Waals surface area contributed by atoms with Crippen molar-refractivity contribution in [2.45, 2.75) is 39.5 Å². The molecule has 0 aliphatic carbocycles. The molecule has 3 rings (SSSR count). The first-order valence-electron chi connectivity index (χ1n) is 9.94. The first-order valence-corrected chi connectivity index (χ1v) is 9.94. The van der Waals surface area contributed by atoms with Crippen LogP contribution in [0.15, 0.2) is 24.3 Å². The topological polar surface area (TPSA) is 52.7 Å². The van der Waals surface area contributed by atoms with Gasteiger partial charge in [0.2, 0.25) is 5.91 Å². The molecule has 1 aromatic rings. The minimum absolute atomic E-state index is 0.113. The second-order valence-electron chi connectivity index (χ2n) is 7.97. The molecule has 142 valence electrons. The number of carbonyl (C=O) groups excluding carboxylic acids is 2. The third-order valence-corrected chi connectivity index (χ3v) is 5.78. The highest BCUT2D eigenvalue weighted by Gasteiger charge is 2.22. The number of carbonyl (C=O) groups is 2. The summed E-state index contributed by atoms with van der Waals surface area (Å²) in [7, 11) is 0. The van der Waals surface area contributed by atoms with Crippen molar-refractivity contribution < 1.29 is 9.59 Å². The number of nitrogens with one attached hydrogen (secondary N) is 1. The summed E-state index contributed by atoms with van der Waals surface area (Å²) >= 11 is 0. The average Bonchev–Trinajstić information content (AvgIpc) is 2.67. The van der Waals surface area contributed by atoms with E-state index in [1.54, 1.807) is 0 Å². The molecule has 2 saturated heterocycles. The zero-order valence-electron chi connectivity index (χ0n) is 16.0. The van der Waals surface area contributed by atoms with Crippen LogP contribution < -0.4 is 5.32 Å². The van der Waals surface area contributed by atoms with Gasteiger partial charge >= 0.3 is 0 Å². The summed E-state index contributed by atoms with van der Waals surface area (Å²) in [4.78, 5) is 28.7. The fraction of sp³-hybridized carbons (Fsp3) is 0.619. The maximum atomic E-state index is 12.6. The number of benzene rings is 1. The van der Waals surface area contributed by atoms with E-state index in [9.17, 15) is 9.59 Å². The third kappa shape index (κ3) is 4.77. The Bertz CT molecular complexity index is 613. The summed E-state index contributed by atoms with van der Waals surface area (Å²) in [5.41, 5.74) is 1.61. The van der Waals surface area contributed by atoms with Gasteiger partial charge in [-0.05, 0) is 61.8 Å². The van der Waals surface area contributed by atoms with Crippen molar-refractivity contribution in [2.24, 2.45) is 11.8 Å². The van der Waals surface area contributed by atoms with Crippen LogP contribution in [-0.2, 0) is 4.79 Å². The maximum Gasteiger partial charge on any atom is 0.253 e. The van der Waals surface area contributed by atoms with Crippen molar-refractivity contribution in [3.05, 3.63) is 29.8 Å². The minimum Gasteiger partial charge on any atom is -0.376 e. The van der Waals surface area contributed by atoms with Crippen molar-refractivity contribution in [3.8, 4) is 0 Å². The standard InChI is InChI=1S/C21H31N3O2/c1-16-7-11-23(12-8-16)20(25)15-22-19-5-3-18(4-6-19)21(26)24-13-9-17(2)10-14-24/h3-6,16-17,22H,7-15H2,1-2H3. The van der Waals surface area contributed by atoms with E-state index in [1.807, 2.05) is 34.1 Å². The fourth-order valence-corrected chi connectivity index (χ4v) is 3.67. The molecule has 0 radical (unpaired) electrons. The number of likely N-dealkylation sites (tertiary alicyclic amines) is 2. The second-order valence-corrected chi connectivity index (χ2v) is 7.97. The van der Waals surface area contributed by atoms with E-state index in [2.05, 4.69) is 19.2 Å². The lowest BCUT2D eigenvalue weighted by Gasteiger charge is -2.30. The zero-order chi connectivity index (χ0) is 18.5. The number of rotatable bonds is 4. The summed E-state index contributed by atoms with van der Waals surface area (Å²) in [5.74, 6) is 1.70. The highest BCUT2D eigenvalue weighted by Crippen LogP contribution is 2.19. The van der Waals surface area contributed by atoms with Crippen molar-refractivity contribution in [3.63, 3.8) is 0 Å². The molecule has 1 aromatic carbocycles. The Balaban J connectivity index is 1.48. The number of nitrogens with zero attached hydrogens (tertiary/aromatic N) is 2. The second kappa shape index (κ2) is 8.56. The van der Waals surface area contributed by atoms with Crippen LogP contribution >= 0.6 is 0 Å². The van der Waals surface area contributed by atoms with Crippen LogP contribution in [0.5, 0.6) is 0 Å². The van der Waals surface area contributed by atoms with Gasteiger partial charge in [0.15, 0.2) is 0 Å². The van der Waals surface area contributed by atoms with Gasteiger partial charge in [-0.3, -0.25) is 9.59 Å². The van der Waals surface area contributed by atoms with E-state index in [0.717, 1.165) is 69.0 Å². The molecule has 5 heteroatoms. The van der Waals surface area contributed by atoms with Crippen LogP contribution in [0.3, 0.4) is 0 Å². The molecule has 2 amide bonds. The van der Waals surface area contributed by atoms with Crippen LogP contribution in [0, 0.1) is 11.8 Å². The Labute approximate surface area is 156 Å². The zero-order valence-corrected chi connectivity index (χ0v) is 16.0. The average molecular weight is 357 g/mol. The molecule has 0 aromatic heterocycles. The predicted molar refractivity (Wildman–Crippen MR) is 104 cm³/mol. The first kappa shape index (κ1) is 18.7. The Morgan fingerprint density at radius 1 is 0.885 bits per heavy atom. The van der Waals surface area contributed by atoms with Crippen molar-refractivity contribution in [1.82, 2.24) is 9.80 Å². The maximum absolute atomic E-state index is 12.6. The van der Waals surface area contributed by atoms with Crippen LogP contribution in [0.1, 0.15) is 49.9 Å². The number of piperidine rings is 2. The van der Waals surface area contributed by atoms with E-state index in [4.69, 9.17) is 0 Å². The van der Waals surface area contributed by atoms with Gasteiger partial charge in [0.05, 0.1) is 6.54 Å². The smallest absolute Gasteiger partial charge is 0.253 e. The largest absolute Gasteiger partial charge is 0.376 e. The number of hydrogen-bond acceptors (Lipinski definition) is 3. The minimum atomic E-state index is 0.113. The fourth-order valence-electron chi connectivity index (χ4n) is 3.67. The van der Waals surface area contributed by atoms with Gasteiger partial charge in [0.1, 0.15) is 0 Å². The molecular weight excluding hydrogens is 326 g/mol. The van der Waals surface area contributed by atoms with Gasteiger partial charge in [-0.2, -0.15) is 0 Å². The van der Waals surface area contributed by atoms with Crippen molar-refractivity contribution >= 4 is 17.5 Å². The lowest BCUT2D eigenvalue weighted by atomic mass is 9.98. The monoisotopic (exact) mass is 357 g/mol. The molecule has 2 aliphatic heterocycles. The molecular formula is C21H31N3O2. The molecule has 2 aliphatic rings. The Morgan fingerprint density at radius 2 is 1.38 bits per heavy atom. The van der Waals surface area contributed by atoms with Gasteiger partial charge in [-0.25, -0.2) is 0 Å². The third-order valence-electron chi connectivity index (χ3n) is 5.78. The molecule has 2 heterocycles. The molecule has 0 bridgehead atoms. The highest BCUT2D eigenvalue weighted by atomic mass is 16.2. The van der Waals surface area contributed by atoms with E-state index >= 15 is 0 Å². The quantitative estimate of drug-likeness (QED) is 0.900. The van der Waals surface area contributed by atoms with Gasteiger partial charge < -0.3 is 15.1 Å². The molecule has 0 atom stereocenters. The number of anilines is 1. The molecule has 5 nitrogen and oxygen atoms in total. The number of hydrogen-bond donors (Lipinski definition) is 1. The lowest BCUT2D eigenvalue weighted by Crippen LogP contribution is -2.40. The first-order chi connectivity index (χ1) is 12.5. The van der Waals surface area contributed by atoms with Gasteiger partial charge in [-0.1, -0.05) is 13.8 Å². The van der Waals surface area contributed by atoms with E-state index in [1.165, 1.54) is 0 Å². The van der Waals surface area contributed by atoms with Crippen LogP contribution in [0.4, 0.5) is 5.69 Å². The van der Waals surface area contributed by atoms with Gasteiger partial charge in [0, 0.05) is 37.4 Å². The van der Waals surface area contributed by atoms with Crippen LogP contribution in [0.2, 0.25) is 0 Å².